The third-order valence-electron chi connectivity index (χ3n) is 5.48. The molecule has 5 heteroatoms. The molecule has 0 spiro atoms. The zero-order chi connectivity index (χ0) is 22.5. The van der Waals surface area contributed by atoms with Gasteiger partial charge in [-0.2, -0.15) is 0 Å². The van der Waals surface area contributed by atoms with Crippen LogP contribution in [0.15, 0.2) is 91.0 Å². The average molecular weight is 424 g/mol. The highest BCUT2D eigenvalue weighted by Crippen LogP contribution is 2.35. The van der Waals surface area contributed by atoms with Gasteiger partial charge in [0.2, 0.25) is 0 Å². The molecule has 1 aromatic heterocycles. The Bertz CT molecular complexity index is 1240. The van der Waals surface area contributed by atoms with Crippen molar-refractivity contribution in [1.29, 1.82) is 0 Å². The van der Waals surface area contributed by atoms with Crippen LogP contribution in [0.3, 0.4) is 0 Å². The van der Waals surface area contributed by atoms with Gasteiger partial charge in [-0.1, -0.05) is 78.9 Å². The first kappa shape index (κ1) is 21.3. The number of imidazole rings is 1. The van der Waals surface area contributed by atoms with Crippen LogP contribution in [0.4, 0.5) is 0 Å². The largest absolute Gasteiger partial charge is 0.316 e. The maximum absolute atomic E-state index is 11.4. The molecule has 160 valence electrons. The summed E-state index contributed by atoms with van der Waals surface area (Å²) < 4.78 is 2.28. The van der Waals surface area contributed by atoms with Crippen LogP contribution >= 0.6 is 0 Å². The number of rotatable bonds is 6. The standard InChI is InChI=1S/C27H25N3O2/c1-19-26(24-15-9-10-21(18-24)16-17-25(31)29-32)30(20(2)22-11-5-3-6-12-22)27(28-19)23-13-7-4-8-14-23/h3-18,20,32H,1-2H3,(H,29,31)/t20-/m1/s1. The Labute approximate surface area is 187 Å². The summed E-state index contributed by atoms with van der Waals surface area (Å²) >= 11 is 0. The number of hydrogen-bond donors (Lipinski definition) is 2. The van der Waals surface area contributed by atoms with Crippen molar-refractivity contribution < 1.29 is 10.0 Å². The Morgan fingerprint density at radius 2 is 1.62 bits per heavy atom. The molecule has 4 rings (SSSR count). The van der Waals surface area contributed by atoms with Crippen molar-refractivity contribution in [2.75, 3.05) is 0 Å². The second-order valence-electron chi connectivity index (χ2n) is 7.63. The fourth-order valence-corrected chi connectivity index (χ4v) is 3.94. The summed E-state index contributed by atoms with van der Waals surface area (Å²) in [5.74, 6) is 0.343. The predicted molar refractivity (Wildman–Crippen MR) is 127 cm³/mol. The normalized spacial score (nSPS) is 12.1. The van der Waals surface area contributed by atoms with Crippen LogP contribution in [0, 0.1) is 6.92 Å². The summed E-state index contributed by atoms with van der Waals surface area (Å²) in [5, 5.41) is 8.74. The molecule has 0 bridgehead atoms. The van der Waals surface area contributed by atoms with Crippen LogP contribution in [0.1, 0.15) is 29.8 Å². The molecule has 0 unspecified atom stereocenters. The number of aryl methyl sites for hydroxylation is 1. The fraction of sp³-hybridized carbons (Fsp3) is 0.111. The van der Waals surface area contributed by atoms with Crippen LogP contribution in [0.25, 0.3) is 28.7 Å². The molecule has 1 heterocycles. The summed E-state index contributed by atoms with van der Waals surface area (Å²) in [6, 6.07) is 28.6. The molecule has 1 atom stereocenters. The smallest absolute Gasteiger partial charge is 0.267 e. The lowest BCUT2D eigenvalue weighted by atomic mass is 10.0. The van der Waals surface area contributed by atoms with Gasteiger partial charge in [-0.15, -0.1) is 0 Å². The van der Waals surface area contributed by atoms with Crippen molar-refractivity contribution >= 4 is 12.0 Å². The maximum Gasteiger partial charge on any atom is 0.267 e. The van der Waals surface area contributed by atoms with Crippen LogP contribution in [0.2, 0.25) is 0 Å². The Balaban J connectivity index is 1.89. The summed E-state index contributed by atoms with van der Waals surface area (Å²) in [6.07, 6.45) is 2.97. The van der Waals surface area contributed by atoms with Crippen molar-refractivity contribution in [1.82, 2.24) is 15.0 Å². The van der Waals surface area contributed by atoms with Crippen LogP contribution in [-0.4, -0.2) is 20.7 Å². The van der Waals surface area contributed by atoms with Crippen molar-refractivity contribution in [2.45, 2.75) is 19.9 Å². The number of carbonyl (C=O) groups is 1. The van der Waals surface area contributed by atoms with E-state index >= 15 is 0 Å². The van der Waals surface area contributed by atoms with Crippen molar-refractivity contribution in [2.24, 2.45) is 0 Å². The third kappa shape index (κ3) is 4.38. The minimum Gasteiger partial charge on any atom is -0.316 e. The predicted octanol–water partition coefficient (Wildman–Crippen LogP) is 5.65. The number of aromatic nitrogens is 2. The van der Waals surface area contributed by atoms with Gasteiger partial charge in [0.1, 0.15) is 5.82 Å². The number of amides is 1. The lowest BCUT2D eigenvalue weighted by Gasteiger charge is -2.21. The molecule has 3 aromatic carbocycles. The molecule has 2 N–H and O–H groups in total. The van der Waals surface area contributed by atoms with E-state index in [2.05, 4.69) is 54.0 Å². The SMILES string of the molecule is Cc1nc(-c2ccccc2)n([C@H](C)c2ccccc2)c1-c1cccc(C=CC(=O)NO)c1. The Hall–Kier alpha value is -3.96. The average Bonchev–Trinajstić information content (AvgIpc) is 3.20. The minimum atomic E-state index is -0.569. The quantitative estimate of drug-likeness (QED) is 0.239. The van der Waals surface area contributed by atoms with Crippen LogP contribution < -0.4 is 5.48 Å². The Morgan fingerprint density at radius 3 is 2.31 bits per heavy atom. The lowest BCUT2D eigenvalue weighted by Crippen LogP contribution is -2.14. The van der Waals surface area contributed by atoms with Crippen LogP contribution in [0.5, 0.6) is 0 Å². The van der Waals surface area contributed by atoms with Gasteiger partial charge in [-0.25, -0.2) is 10.5 Å². The van der Waals surface area contributed by atoms with E-state index in [4.69, 9.17) is 10.2 Å². The number of nitrogens with zero attached hydrogens (tertiary/aromatic N) is 2. The highest BCUT2D eigenvalue weighted by Gasteiger charge is 2.22. The van der Waals surface area contributed by atoms with E-state index in [1.165, 1.54) is 11.6 Å². The zero-order valence-corrected chi connectivity index (χ0v) is 18.1. The van der Waals surface area contributed by atoms with Gasteiger partial charge in [0.05, 0.1) is 17.4 Å². The topological polar surface area (TPSA) is 67.2 Å². The van der Waals surface area contributed by atoms with E-state index in [0.29, 0.717) is 0 Å². The number of nitrogens with one attached hydrogen (secondary N) is 1. The first-order valence-corrected chi connectivity index (χ1v) is 10.5. The molecular formula is C27H25N3O2. The molecule has 0 aliphatic carbocycles. The molecule has 0 fully saturated rings. The summed E-state index contributed by atoms with van der Waals surface area (Å²) in [4.78, 5) is 16.4. The minimum absolute atomic E-state index is 0.0574. The van der Waals surface area contributed by atoms with E-state index in [1.54, 1.807) is 11.6 Å². The highest BCUT2D eigenvalue weighted by atomic mass is 16.5. The lowest BCUT2D eigenvalue weighted by molar-refractivity contribution is -0.124. The molecule has 4 aromatic rings. The number of carbonyl (C=O) groups excluding carboxylic acids is 1. The number of benzene rings is 3. The molecule has 32 heavy (non-hydrogen) atoms. The number of hydroxylamine groups is 1. The van der Waals surface area contributed by atoms with E-state index in [9.17, 15) is 4.79 Å². The van der Waals surface area contributed by atoms with Gasteiger partial charge in [0, 0.05) is 17.2 Å². The van der Waals surface area contributed by atoms with Crippen molar-refractivity contribution in [3.63, 3.8) is 0 Å². The third-order valence-corrected chi connectivity index (χ3v) is 5.48. The van der Waals surface area contributed by atoms with Gasteiger partial charge in [-0.05, 0) is 37.1 Å². The second-order valence-corrected chi connectivity index (χ2v) is 7.63. The van der Waals surface area contributed by atoms with Gasteiger partial charge < -0.3 is 4.57 Å². The highest BCUT2D eigenvalue weighted by molar-refractivity contribution is 5.91. The van der Waals surface area contributed by atoms with E-state index in [0.717, 1.165) is 33.9 Å². The van der Waals surface area contributed by atoms with Crippen molar-refractivity contribution in [3.8, 4) is 22.6 Å². The maximum atomic E-state index is 11.4. The first-order valence-electron chi connectivity index (χ1n) is 10.5. The van der Waals surface area contributed by atoms with Gasteiger partial charge in [0.15, 0.2) is 0 Å². The second kappa shape index (κ2) is 9.45. The van der Waals surface area contributed by atoms with Crippen LogP contribution in [-0.2, 0) is 4.79 Å². The Morgan fingerprint density at radius 1 is 0.969 bits per heavy atom. The molecule has 0 aliphatic rings. The number of hydrogen-bond acceptors (Lipinski definition) is 3. The Kier molecular flexibility index (Phi) is 6.29. The van der Waals surface area contributed by atoms with Crippen molar-refractivity contribution in [3.05, 3.63) is 108 Å². The molecule has 1 amide bonds. The molecule has 0 aliphatic heterocycles. The van der Waals surface area contributed by atoms with E-state index < -0.39 is 5.91 Å². The van der Waals surface area contributed by atoms with Gasteiger partial charge in [-0.3, -0.25) is 10.0 Å². The zero-order valence-electron chi connectivity index (χ0n) is 18.1. The molecule has 0 saturated heterocycles. The summed E-state index contributed by atoms with van der Waals surface area (Å²) in [6.45, 7) is 4.21. The summed E-state index contributed by atoms with van der Waals surface area (Å²) in [5.41, 5.74) is 7.68. The fourth-order valence-electron chi connectivity index (χ4n) is 3.94. The van der Waals surface area contributed by atoms with E-state index in [1.807, 2.05) is 49.4 Å². The van der Waals surface area contributed by atoms with Gasteiger partial charge >= 0.3 is 0 Å². The van der Waals surface area contributed by atoms with Gasteiger partial charge in [0.25, 0.3) is 5.91 Å². The molecule has 0 radical (unpaired) electrons. The molecule has 5 nitrogen and oxygen atoms in total. The van der Waals surface area contributed by atoms with E-state index in [-0.39, 0.29) is 6.04 Å². The summed E-state index contributed by atoms with van der Waals surface area (Å²) in [7, 11) is 0. The monoisotopic (exact) mass is 423 g/mol. The molecular weight excluding hydrogens is 398 g/mol. The molecule has 0 saturated carbocycles. The first-order chi connectivity index (χ1) is 15.6.